The van der Waals surface area contributed by atoms with Crippen molar-refractivity contribution in [3.63, 3.8) is 0 Å². The number of nitrogens with one attached hydrogen (secondary N) is 1. The molecule has 0 saturated heterocycles. The van der Waals surface area contributed by atoms with E-state index >= 15 is 0 Å². The fourth-order valence-corrected chi connectivity index (χ4v) is 1.97. The van der Waals surface area contributed by atoms with Crippen molar-refractivity contribution < 1.29 is 0 Å². The second-order valence-electron chi connectivity index (χ2n) is 4.24. The van der Waals surface area contributed by atoms with Crippen LogP contribution >= 0.6 is 0 Å². The first-order valence-corrected chi connectivity index (χ1v) is 5.74. The minimum Gasteiger partial charge on any atom is -0.355 e. The van der Waals surface area contributed by atoms with Crippen LogP contribution in [0.25, 0.3) is 11.1 Å². The van der Waals surface area contributed by atoms with Gasteiger partial charge in [-0.15, -0.1) is 0 Å². The van der Waals surface area contributed by atoms with Crippen molar-refractivity contribution in [3.05, 3.63) is 48.0 Å². The highest BCUT2D eigenvalue weighted by Crippen LogP contribution is 2.42. The van der Waals surface area contributed by atoms with Crippen LogP contribution in [0.4, 0.5) is 11.4 Å². The van der Waals surface area contributed by atoms with Crippen molar-refractivity contribution in [2.45, 2.75) is 12.8 Å². The Hall–Kier alpha value is -2.27. The molecular formula is C15H12N2. The molecule has 0 spiro atoms. The van der Waals surface area contributed by atoms with E-state index in [2.05, 4.69) is 53.9 Å². The summed E-state index contributed by atoms with van der Waals surface area (Å²) in [5.41, 5.74) is 6.17. The van der Waals surface area contributed by atoms with Crippen molar-refractivity contribution in [2.75, 3.05) is 5.32 Å². The van der Waals surface area contributed by atoms with Crippen molar-refractivity contribution in [1.82, 2.24) is 0 Å². The Labute approximate surface area is 101 Å². The average molecular weight is 220 g/mol. The van der Waals surface area contributed by atoms with Gasteiger partial charge in [-0.05, 0) is 41.8 Å². The molecule has 2 aliphatic rings. The number of rotatable bonds is 4. The number of fused-ring (bicyclic) bond motifs is 1. The molecule has 3 rings (SSSR count). The first-order valence-electron chi connectivity index (χ1n) is 5.74. The summed E-state index contributed by atoms with van der Waals surface area (Å²) in [6.07, 6.45) is 1.41. The van der Waals surface area contributed by atoms with Crippen molar-refractivity contribution in [2.24, 2.45) is 0 Å². The number of benzene rings is 2. The lowest BCUT2D eigenvalue weighted by atomic mass is 10.1. The summed E-state index contributed by atoms with van der Waals surface area (Å²) in [5.74, 6) is 0. The lowest BCUT2D eigenvalue weighted by Crippen LogP contribution is -1.89. The van der Waals surface area contributed by atoms with E-state index in [-0.39, 0.29) is 0 Å². The highest BCUT2D eigenvalue weighted by Gasteiger charge is 2.16. The molecule has 1 aromatic carbocycles. The van der Waals surface area contributed by atoms with Gasteiger partial charge in [-0.25, -0.2) is 0 Å². The van der Waals surface area contributed by atoms with E-state index in [1.54, 1.807) is 0 Å². The largest absolute Gasteiger partial charge is 0.355 e. The summed E-state index contributed by atoms with van der Waals surface area (Å²) >= 11 is 0. The van der Waals surface area contributed by atoms with Gasteiger partial charge in [0, 0.05) is 23.4 Å². The number of nitriles is 1. The van der Waals surface area contributed by atoms with E-state index in [9.17, 15) is 0 Å². The van der Waals surface area contributed by atoms with E-state index in [1.165, 1.54) is 22.4 Å². The molecule has 0 aromatic heterocycles. The Balaban J connectivity index is 1.68. The number of anilines is 2. The van der Waals surface area contributed by atoms with Crippen molar-refractivity contribution >= 4 is 11.4 Å². The molecule has 2 nitrogen and oxygen atoms in total. The van der Waals surface area contributed by atoms with Crippen molar-refractivity contribution in [3.8, 4) is 17.2 Å². The molecule has 1 aromatic rings. The fraction of sp³-hybridized carbons (Fsp3) is 0.133. The first-order chi connectivity index (χ1) is 8.36. The maximum atomic E-state index is 8.52. The zero-order valence-electron chi connectivity index (χ0n) is 9.40. The van der Waals surface area contributed by atoms with Gasteiger partial charge in [-0.3, -0.25) is 0 Å². The molecule has 0 bridgehead atoms. The summed E-state index contributed by atoms with van der Waals surface area (Å²) in [6.45, 7) is 0. The molecule has 2 aliphatic carbocycles. The Morgan fingerprint density at radius 2 is 1.88 bits per heavy atom. The van der Waals surface area contributed by atoms with Gasteiger partial charge in [0.2, 0.25) is 0 Å². The van der Waals surface area contributed by atoms with Crippen LogP contribution in [0.2, 0.25) is 0 Å². The molecule has 0 fully saturated rings. The van der Waals surface area contributed by atoms with Crippen LogP contribution in [0.5, 0.6) is 0 Å². The first kappa shape index (κ1) is 9.92. The van der Waals surface area contributed by atoms with Crippen LogP contribution < -0.4 is 5.32 Å². The molecule has 1 N–H and O–H groups in total. The topological polar surface area (TPSA) is 35.8 Å². The van der Waals surface area contributed by atoms with Gasteiger partial charge in [-0.1, -0.05) is 18.2 Å². The lowest BCUT2D eigenvalue weighted by molar-refractivity contribution is 1.01. The fourth-order valence-electron chi connectivity index (χ4n) is 1.97. The van der Waals surface area contributed by atoms with Crippen LogP contribution in [0.1, 0.15) is 12.0 Å². The van der Waals surface area contributed by atoms with Crippen LogP contribution in [-0.4, -0.2) is 0 Å². The van der Waals surface area contributed by atoms with Gasteiger partial charge in [-0.2, -0.15) is 5.26 Å². The number of hydrogen-bond acceptors (Lipinski definition) is 2. The summed E-state index contributed by atoms with van der Waals surface area (Å²) in [6, 6.07) is 16.8. The van der Waals surface area contributed by atoms with Gasteiger partial charge in [0.1, 0.15) is 0 Å². The third-order valence-electron chi connectivity index (χ3n) is 3.01. The van der Waals surface area contributed by atoms with E-state index < -0.39 is 0 Å². The molecule has 0 atom stereocenters. The van der Waals surface area contributed by atoms with E-state index in [1.807, 2.05) is 0 Å². The minimum atomic E-state index is 0.581. The summed E-state index contributed by atoms with van der Waals surface area (Å²) in [7, 11) is 0. The SMILES string of the molecule is N#CCCc1ccc(Nc2ccc3cc2-3)cc1. The van der Waals surface area contributed by atoms with Gasteiger partial charge in [0.25, 0.3) is 0 Å². The summed E-state index contributed by atoms with van der Waals surface area (Å²) < 4.78 is 0. The zero-order valence-corrected chi connectivity index (χ0v) is 9.40. The highest BCUT2D eigenvalue weighted by atomic mass is 14.9. The van der Waals surface area contributed by atoms with Gasteiger partial charge < -0.3 is 5.32 Å². The second kappa shape index (κ2) is 3.95. The maximum absolute atomic E-state index is 8.52. The van der Waals surface area contributed by atoms with Crippen molar-refractivity contribution in [1.29, 1.82) is 5.26 Å². The number of hydrogen-bond donors (Lipinski definition) is 1. The van der Waals surface area contributed by atoms with Crippen LogP contribution in [-0.2, 0) is 6.42 Å². The summed E-state index contributed by atoms with van der Waals surface area (Å²) in [5, 5.41) is 11.9. The molecule has 0 unspecified atom stereocenters. The molecule has 0 heterocycles. The molecule has 0 amide bonds. The third kappa shape index (κ3) is 2.00. The van der Waals surface area contributed by atoms with Gasteiger partial charge in [0.05, 0.1) is 6.07 Å². The average Bonchev–Trinajstić information content (AvgIpc) is 3.05. The minimum absolute atomic E-state index is 0.581. The zero-order chi connectivity index (χ0) is 11.7. The Morgan fingerprint density at radius 3 is 2.47 bits per heavy atom. The highest BCUT2D eigenvalue weighted by molar-refractivity contribution is 5.94. The molecule has 0 saturated carbocycles. The summed E-state index contributed by atoms with van der Waals surface area (Å²) in [4.78, 5) is 0. The quantitative estimate of drug-likeness (QED) is 0.724. The standard InChI is InChI=1S/C15H12N2/c16-9-1-2-11-3-6-13(7-4-11)17-15-8-5-12-10-14(12)15/h3-8,10,17H,1-2H2. The normalized spacial score (nSPS) is 10.8. The molecule has 0 radical (unpaired) electrons. The predicted molar refractivity (Wildman–Crippen MR) is 69.1 cm³/mol. The molecule has 17 heavy (non-hydrogen) atoms. The van der Waals surface area contributed by atoms with Gasteiger partial charge in [0.15, 0.2) is 0 Å². The van der Waals surface area contributed by atoms with Crippen LogP contribution in [0.3, 0.4) is 0 Å². The second-order valence-corrected chi connectivity index (χ2v) is 4.24. The monoisotopic (exact) mass is 220 g/mol. The molecule has 82 valence electrons. The number of aryl methyl sites for hydroxylation is 1. The van der Waals surface area contributed by atoms with Crippen LogP contribution in [0.15, 0.2) is 42.5 Å². The van der Waals surface area contributed by atoms with E-state index in [4.69, 9.17) is 5.26 Å². The molecule has 0 aliphatic heterocycles. The van der Waals surface area contributed by atoms with Crippen LogP contribution in [0, 0.1) is 11.3 Å². The Kier molecular flexibility index (Phi) is 2.31. The van der Waals surface area contributed by atoms with Gasteiger partial charge >= 0.3 is 0 Å². The number of nitrogens with zero attached hydrogens (tertiary/aromatic N) is 1. The third-order valence-corrected chi connectivity index (χ3v) is 3.01. The van der Waals surface area contributed by atoms with E-state index in [0.29, 0.717) is 6.42 Å². The Bertz CT molecular complexity index is 591. The van der Waals surface area contributed by atoms with E-state index in [0.717, 1.165) is 12.1 Å². The Morgan fingerprint density at radius 1 is 1.06 bits per heavy atom. The smallest absolute Gasteiger partial charge is 0.0625 e. The molecular weight excluding hydrogens is 208 g/mol. The predicted octanol–water partition coefficient (Wildman–Crippen LogP) is 3.87. The maximum Gasteiger partial charge on any atom is 0.0625 e. The molecule has 2 heteroatoms. The lowest BCUT2D eigenvalue weighted by Gasteiger charge is -2.05.